The van der Waals surface area contributed by atoms with Crippen LogP contribution in [-0.2, 0) is 4.79 Å². The van der Waals surface area contributed by atoms with E-state index in [1.165, 1.54) is 11.1 Å². The number of likely N-dealkylation sites (tertiary alicyclic amines) is 1. The summed E-state index contributed by atoms with van der Waals surface area (Å²) < 4.78 is 0. The normalized spacial score (nSPS) is 23.2. The zero-order valence-corrected chi connectivity index (χ0v) is 11.7. The number of hydrogen-bond acceptors (Lipinski definition) is 3. The van der Waals surface area contributed by atoms with Crippen molar-refractivity contribution in [3.05, 3.63) is 35.4 Å². The van der Waals surface area contributed by atoms with Crippen LogP contribution in [-0.4, -0.2) is 29.4 Å². The van der Waals surface area contributed by atoms with E-state index in [0.717, 1.165) is 19.4 Å². The van der Waals surface area contributed by atoms with Crippen LogP contribution in [0.15, 0.2) is 24.3 Å². The second-order valence-electron chi connectivity index (χ2n) is 5.46. The Bertz CT molecular complexity index is 458. The third-order valence-electron chi connectivity index (χ3n) is 3.99. The molecule has 1 saturated heterocycles. The Kier molecular flexibility index (Phi) is 4.22. The number of primary amides is 1. The zero-order chi connectivity index (χ0) is 14.0. The van der Waals surface area contributed by atoms with Crippen LogP contribution in [0.1, 0.15) is 36.9 Å². The quantitative estimate of drug-likeness (QED) is 0.859. The molecule has 1 aliphatic heterocycles. The van der Waals surface area contributed by atoms with Crippen LogP contribution in [0.5, 0.6) is 0 Å². The summed E-state index contributed by atoms with van der Waals surface area (Å²) in [5, 5.41) is 0. The molecular weight excluding hydrogens is 238 g/mol. The van der Waals surface area contributed by atoms with Gasteiger partial charge in [-0.05, 0) is 44.4 Å². The third kappa shape index (κ3) is 2.80. The van der Waals surface area contributed by atoms with Gasteiger partial charge >= 0.3 is 0 Å². The van der Waals surface area contributed by atoms with E-state index >= 15 is 0 Å². The molecule has 19 heavy (non-hydrogen) atoms. The van der Waals surface area contributed by atoms with Gasteiger partial charge in [-0.3, -0.25) is 9.69 Å². The summed E-state index contributed by atoms with van der Waals surface area (Å²) in [6.45, 7) is 4.96. The molecule has 1 heterocycles. The minimum atomic E-state index is -0.239. The highest BCUT2D eigenvalue weighted by Gasteiger charge is 2.36. The molecule has 0 saturated carbocycles. The van der Waals surface area contributed by atoms with E-state index in [1.807, 2.05) is 19.1 Å². The summed E-state index contributed by atoms with van der Waals surface area (Å²) in [5.74, 6) is -0.239. The van der Waals surface area contributed by atoms with Crippen molar-refractivity contribution in [3.8, 4) is 0 Å². The third-order valence-corrected chi connectivity index (χ3v) is 3.99. The van der Waals surface area contributed by atoms with Crippen LogP contribution in [0, 0.1) is 6.92 Å². The number of amides is 1. The first-order valence-electron chi connectivity index (χ1n) is 6.88. The molecule has 1 aromatic carbocycles. The molecule has 0 aliphatic carbocycles. The number of aryl methyl sites for hydroxylation is 1. The standard InChI is InChI=1S/C15H23N3O/c1-10-6-3-4-7-12(10)14(11(2)16)18-9-5-8-13(18)15(17)19/h3-4,6-7,11,13-14H,5,8-9,16H2,1-2H3,(H2,17,19). The van der Waals surface area contributed by atoms with Crippen molar-refractivity contribution in [1.82, 2.24) is 4.90 Å². The van der Waals surface area contributed by atoms with Crippen LogP contribution in [0.2, 0.25) is 0 Å². The maximum Gasteiger partial charge on any atom is 0.234 e. The van der Waals surface area contributed by atoms with Gasteiger partial charge in [-0.25, -0.2) is 0 Å². The van der Waals surface area contributed by atoms with E-state index in [-0.39, 0.29) is 24.0 Å². The Hall–Kier alpha value is -1.39. The Morgan fingerprint density at radius 2 is 2.11 bits per heavy atom. The Balaban J connectivity index is 2.36. The van der Waals surface area contributed by atoms with Crippen LogP contribution >= 0.6 is 0 Å². The highest BCUT2D eigenvalue weighted by atomic mass is 16.1. The summed E-state index contributed by atoms with van der Waals surface area (Å²) in [7, 11) is 0. The molecule has 0 radical (unpaired) electrons. The fourth-order valence-electron chi connectivity index (χ4n) is 3.11. The van der Waals surface area contributed by atoms with Crippen molar-refractivity contribution >= 4 is 5.91 Å². The Morgan fingerprint density at radius 1 is 1.42 bits per heavy atom. The lowest BCUT2D eigenvalue weighted by molar-refractivity contribution is -0.123. The predicted octanol–water partition coefficient (Wildman–Crippen LogP) is 1.33. The van der Waals surface area contributed by atoms with E-state index in [4.69, 9.17) is 11.5 Å². The number of nitrogens with zero attached hydrogens (tertiary/aromatic N) is 1. The second kappa shape index (κ2) is 5.72. The minimum absolute atomic E-state index is 0.0407. The van der Waals surface area contributed by atoms with Crippen molar-refractivity contribution in [2.45, 2.75) is 44.8 Å². The zero-order valence-electron chi connectivity index (χ0n) is 11.7. The largest absolute Gasteiger partial charge is 0.368 e. The van der Waals surface area contributed by atoms with E-state index < -0.39 is 0 Å². The number of carbonyl (C=O) groups excluding carboxylic acids is 1. The van der Waals surface area contributed by atoms with Crippen molar-refractivity contribution < 1.29 is 4.79 Å². The molecule has 1 amide bonds. The van der Waals surface area contributed by atoms with Crippen LogP contribution in [0.25, 0.3) is 0 Å². The lowest BCUT2D eigenvalue weighted by Crippen LogP contribution is -2.47. The molecule has 1 aromatic rings. The van der Waals surface area contributed by atoms with Gasteiger partial charge in [-0.2, -0.15) is 0 Å². The van der Waals surface area contributed by atoms with Gasteiger partial charge in [0.25, 0.3) is 0 Å². The predicted molar refractivity (Wildman–Crippen MR) is 76.5 cm³/mol. The molecule has 1 aliphatic rings. The maximum atomic E-state index is 11.6. The van der Waals surface area contributed by atoms with Crippen molar-refractivity contribution in [2.24, 2.45) is 11.5 Å². The van der Waals surface area contributed by atoms with Gasteiger partial charge < -0.3 is 11.5 Å². The number of benzene rings is 1. The van der Waals surface area contributed by atoms with Gasteiger partial charge in [0, 0.05) is 6.04 Å². The van der Waals surface area contributed by atoms with Crippen LogP contribution in [0.4, 0.5) is 0 Å². The molecule has 4 N–H and O–H groups in total. The van der Waals surface area contributed by atoms with E-state index in [1.54, 1.807) is 0 Å². The Morgan fingerprint density at radius 3 is 2.68 bits per heavy atom. The van der Waals surface area contributed by atoms with E-state index in [0.29, 0.717) is 0 Å². The van der Waals surface area contributed by atoms with Crippen molar-refractivity contribution in [3.63, 3.8) is 0 Å². The first kappa shape index (κ1) is 14.0. The first-order chi connectivity index (χ1) is 9.02. The number of carbonyl (C=O) groups is 1. The molecule has 0 aromatic heterocycles. The minimum Gasteiger partial charge on any atom is -0.368 e. The maximum absolute atomic E-state index is 11.6. The second-order valence-corrected chi connectivity index (χ2v) is 5.46. The van der Waals surface area contributed by atoms with Crippen LogP contribution in [0.3, 0.4) is 0 Å². The number of hydrogen-bond donors (Lipinski definition) is 2. The van der Waals surface area contributed by atoms with E-state index in [2.05, 4.69) is 24.0 Å². The fourth-order valence-corrected chi connectivity index (χ4v) is 3.11. The number of rotatable bonds is 4. The van der Waals surface area contributed by atoms with Gasteiger partial charge in [0.2, 0.25) is 5.91 Å². The monoisotopic (exact) mass is 261 g/mol. The summed E-state index contributed by atoms with van der Waals surface area (Å²) in [5.41, 5.74) is 14.1. The fraction of sp³-hybridized carbons (Fsp3) is 0.533. The van der Waals surface area contributed by atoms with Gasteiger partial charge in [0.15, 0.2) is 0 Å². The lowest BCUT2D eigenvalue weighted by atomic mass is 9.94. The number of nitrogens with two attached hydrogens (primary N) is 2. The van der Waals surface area contributed by atoms with Crippen LogP contribution < -0.4 is 11.5 Å². The summed E-state index contributed by atoms with van der Waals surface area (Å²) in [6.07, 6.45) is 1.84. The first-order valence-corrected chi connectivity index (χ1v) is 6.88. The molecule has 104 valence electrons. The van der Waals surface area contributed by atoms with Crippen molar-refractivity contribution in [1.29, 1.82) is 0 Å². The summed E-state index contributed by atoms with van der Waals surface area (Å²) in [4.78, 5) is 13.8. The van der Waals surface area contributed by atoms with Gasteiger partial charge in [0.1, 0.15) is 0 Å². The molecule has 2 rings (SSSR count). The highest BCUT2D eigenvalue weighted by molar-refractivity contribution is 5.80. The average molecular weight is 261 g/mol. The molecule has 3 atom stereocenters. The highest BCUT2D eigenvalue weighted by Crippen LogP contribution is 2.32. The lowest BCUT2D eigenvalue weighted by Gasteiger charge is -2.35. The summed E-state index contributed by atoms with van der Waals surface area (Å²) in [6, 6.07) is 8.05. The Labute approximate surface area is 114 Å². The van der Waals surface area contributed by atoms with Gasteiger partial charge in [-0.1, -0.05) is 24.3 Å². The smallest absolute Gasteiger partial charge is 0.234 e. The molecule has 3 unspecified atom stereocenters. The summed E-state index contributed by atoms with van der Waals surface area (Å²) >= 11 is 0. The molecule has 4 nitrogen and oxygen atoms in total. The molecular formula is C15H23N3O. The average Bonchev–Trinajstić information content (AvgIpc) is 2.80. The molecule has 1 fully saturated rings. The molecule has 0 bridgehead atoms. The van der Waals surface area contributed by atoms with Gasteiger partial charge in [0.05, 0.1) is 12.1 Å². The van der Waals surface area contributed by atoms with Gasteiger partial charge in [-0.15, -0.1) is 0 Å². The molecule has 0 spiro atoms. The SMILES string of the molecule is Cc1ccccc1C(C(C)N)N1CCCC1C(N)=O. The van der Waals surface area contributed by atoms with E-state index in [9.17, 15) is 4.79 Å². The molecule has 4 heteroatoms. The van der Waals surface area contributed by atoms with Crippen molar-refractivity contribution in [2.75, 3.05) is 6.54 Å². The topological polar surface area (TPSA) is 72.3 Å².